The maximum atomic E-state index is 12.1. The predicted octanol–water partition coefficient (Wildman–Crippen LogP) is 2.27. The first kappa shape index (κ1) is 15.7. The number of aromatic nitrogens is 4. The van der Waals surface area contributed by atoms with E-state index < -0.39 is 0 Å². The Labute approximate surface area is 147 Å². The number of carbonyl (C=O) groups excluding carboxylic acids is 2. The summed E-state index contributed by atoms with van der Waals surface area (Å²) in [5.41, 5.74) is 0.851. The van der Waals surface area contributed by atoms with Gasteiger partial charge < -0.3 is 10.6 Å². The Bertz CT molecular complexity index is 897. The first-order chi connectivity index (χ1) is 12.2. The summed E-state index contributed by atoms with van der Waals surface area (Å²) in [5.74, 6) is 0.162. The van der Waals surface area contributed by atoms with Crippen molar-refractivity contribution >= 4 is 44.3 Å². The van der Waals surface area contributed by atoms with Gasteiger partial charge in [0.2, 0.25) is 11.8 Å². The summed E-state index contributed by atoms with van der Waals surface area (Å²) in [4.78, 5) is 28.4. The minimum Gasteiger partial charge on any atom is -0.308 e. The molecule has 1 aliphatic carbocycles. The molecular formula is C16H16N6O2S. The van der Waals surface area contributed by atoms with Gasteiger partial charge in [0.1, 0.15) is 6.54 Å². The zero-order valence-corrected chi connectivity index (χ0v) is 14.1. The van der Waals surface area contributed by atoms with Gasteiger partial charge in [-0.1, -0.05) is 35.1 Å². The Kier molecular flexibility index (Phi) is 4.14. The molecule has 1 saturated carbocycles. The summed E-state index contributed by atoms with van der Waals surface area (Å²) in [7, 11) is 0. The van der Waals surface area contributed by atoms with E-state index >= 15 is 0 Å². The summed E-state index contributed by atoms with van der Waals surface area (Å²) in [6.45, 7) is 0.00221. The Morgan fingerprint density at radius 3 is 2.84 bits per heavy atom. The van der Waals surface area contributed by atoms with Gasteiger partial charge in [-0.15, -0.1) is 5.10 Å². The van der Waals surface area contributed by atoms with Gasteiger partial charge in [0.25, 0.3) is 0 Å². The zero-order valence-electron chi connectivity index (χ0n) is 13.3. The van der Waals surface area contributed by atoms with Crippen LogP contribution in [0.1, 0.15) is 19.3 Å². The van der Waals surface area contributed by atoms with Crippen molar-refractivity contribution in [3.05, 3.63) is 30.5 Å². The van der Waals surface area contributed by atoms with Gasteiger partial charge in [-0.3, -0.25) is 9.59 Å². The number of amides is 2. The van der Waals surface area contributed by atoms with E-state index in [9.17, 15) is 9.59 Å². The number of hydrogen-bond acceptors (Lipinski definition) is 6. The fourth-order valence-corrected chi connectivity index (χ4v) is 3.45. The largest absolute Gasteiger partial charge is 0.308 e. The third kappa shape index (κ3) is 3.50. The van der Waals surface area contributed by atoms with Gasteiger partial charge >= 0.3 is 0 Å². The number of benzene rings is 1. The molecular weight excluding hydrogens is 340 g/mol. The lowest BCUT2D eigenvalue weighted by atomic mass is 9.85. The van der Waals surface area contributed by atoms with E-state index in [4.69, 9.17) is 0 Å². The molecule has 8 nitrogen and oxygen atoms in total. The van der Waals surface area contributed by atoms with Crippen molar-refractivity contribution in [1.29, 1.82) is 0 Å². The fraction of sp³-hybridized carbons (Fsp3) is 0.312. The summed E-state index contributed by atoms with van der Waals surface area (Å²) in [6.07, 6.45) is 4.49. The SMILES string of the molecule is O=C(Cn1cc(NC(=O)C2CCC2)nn1)Nc1nc2ccccc2s1. The van der Waals surface area contributed by atoms with Crippen LogP contribution in [-0.2, 0) is 16.1 Å². The summed E-state index contributed by atoms with van der Waals surface area (Å²) < 4.78 is 2.40. The normalized spacial score (nSPS) is 14.2. The van der Waals surface area contributed by atoms with Crippen LogP contribution >= 0.6 is 11.3 Å². The summed E-state index contributed by atoms with van der Waals surface area (Å²) in [5, 5.41) is 13.8. The van der Waals surface area contributed by atoms with Crippen LogP contribution in [0.4, 0.5) is 10.9 Å². The minimum atomic E-state index is -0.249. The summed E-state index contributed by atoms with van der Waals surface area (Å²) in [6, 6.07) is 7.69. The van der Waals surface area contributed by atoms with E-state index in [1.54, 1.807) is 6.20 Å². The molecule has 25 heavy (non-hydrogen) atoms. The van der Waals surface area contributed by atoms with E-state index in [0.717, 1.165) is 29.5 Å². The number of hydrogen-bond donors (Lipinski definition) is 2. The standard InChI is InChI=1S/C16H16N6O2S/c23-14(19-16-17-11-6-1-2-7-12(11)25-16)9-22-8-13(20-21-22)18-15(24)10-4-3-5-10/h1-2,6-8,10H,3-5,9H2,(H,18,24)(H,17,19,23). The highest BCUT2D eigenvalue weighted by atomic mass is 32.1. The van der Waals surface area contributed by atoms with Crippen molar-refractivity contribution in [2.24, 2.45) is 5.92 Å². The Morgan fingerprint density at radius 1 is 1.24 bits per heavy atom. The number of nitrogens with one attached hydrogen (secondary N) is 2. The molecule has 1 aromatic carbocycles. The summed E-state index contributed by atoms with van der Waals surface area (Å²) >= 11 is 1.42. The van der Waals surface area contributed by atoms with Crippen molar-refractivity contribution in [3.63, 3.8) is 0 Å². The van der Waals surface area contributed by atoms with Gasteiger partial charge in [-0.05, 0) is 25.0 Å². The highest BCUT2D eigenvalue weighted by Crippen LogP contribution is 2.27. The molecule has 0 unspecified atom stereocenters. The van der Waals surface area contributed by atoms with Crippen LogP contribution < -0.4 is 10.6 Å². The number of fused-ring (bicyclic) bond motifs is 1. The molecule has 0 radical (unpaired) electrons. The van der Waals surface area contributed by atoms with Gasteiger partial charge in [-0.2, -0.15) is 0 Å². The van der Waals surface area contributed by atoms with Crippen LogP contribution in [0.25, 0.3) is 10.2 Å². The van der Waals surface area contributed by atoms with E-state index in [0.29, 0.717) is 10.9 Å². The Hall–Kier alpha value is -2.81. The van der Waals surface area contributed by atoms with Crippen molar-refractivity contribution in [2.75, 3.05) is 10.6 Å². The number of para-hydroxylation sites is 1. The van der Waals surface area contributed by atoms with Crippen molar-refractivity contribution in [2.45, 2.75) is 25.8 Å². The molecule has 3 aromatic rings. The molecule has 0 aliphatic heterocycles. The molecule has 128 valence electrons. The molecule has 2 aromatic heterocycles. The first-order valence-corrected chi connectivity index (χ1v) is 8.85. The third-order valence-corrected chi connectivity index (χ3v) is 5.06. The second-order valence-corrected chi connectivity index (χ2v) is 6.98. The highest BCUT2D eigenvalue weighted by Gasteiger charge is 2.25. The van der Waals surface area contributed by atoms with Crippen LogP contribution in [0, 0.1) is 5.92 Å². The van der Waals surface area contributed by atoms with Crippen molar-refractivity contribution in [1.82, 2.24) is 20.0 Å². The maximum absolute atomic E-state index is 12.1. The zero-order chi connectivity index (χ0) is 17.2. The topological polar surface area (TPSA) is 102 Å². The smallest absolute Gasteiger partial charge is 0.247 e. The monoisotopic (exact) mass is 356 g/mol. The molecule has 0 saturated heterocycles. The molecule has 1 fully saturated rings. The molecule has 1 aliphatic rings. The molecule has 2 heterocycles. The van der Waals surface area contributed by atoms with Crippen LogP contribution in [0.2, 0.25) is 0 Å². The van der Waals surface area contributed by atoms with Crippen LogP contribution in [0.5, 0.6) is 0 Å². The van der Waals surface area contributed by atoms with Crippen LogP contribution in [0.15, 0.2) is 30.5 Å². The lowest BCUT2D eigenvalue weighted by Crippen LogP contribution is -2.28. The average Bonchev–Trinajstić information content (AvgIpc) is 3.11. The molecule has 0 spiro atoms. The van der Waals surface area contributed by atoms with Gasteiger partial charge in [0.05, 0.1) is 16.4 Å². The Balaban J connectivity index is 1.35. The number of carbonyl (C=O) groups is 2. The van der Waals surface area contributed by atoms with E-state index in [2.05, 4.69) is 25.9 Å². The number of rotatable bonds is 5. The second-order valence-electron chi connectivity index (χ2n) is 5.95. The quantitative estimate of drug-likeness (QED) is 0.730. The minimum absolute atomic E-state index is 0.00221. The molecule has 2 amide bonds. The maximum Gasteiger partial charge on any atom is 0.247 e. The Morgan fingerprint density at radius 2 is 2.08 bits per heavy atom. The van der Waals surface area contributed by atoms with Crippen molar-refractivity contribution < 1.29 is 9.59 Å². The van der Waals surface area contributed by atoms with E-state index in [1.807, 2.05) is 24.3 Å². The molecule has 0 bridgehead atoms. The van der Waals surface area contributed by atoms with Gasteiger partial charge in [0, 0.05) is 5.92 Å². The molecule has 4 rings (SSSR count). The van der Waals surface area contributed by atoms with Gasteiger partial charge in [0.15, 0.2) is 10.9 Å². The molecule has 0 atom stereocenters. The van der Waals surface area contributed by atoms with Crippen LogP contribution in [-0.4, -0.2) is 31.8 Å². The highest BCUT2D eigenvalue weighted by molar-refractivity contribution is 7.22. The molecule has 9 heteroatoms. The van der Waals surface area contributed by atoms with Gasteiger partial charge in [-0.25, -0.2) is 9.67 Å². The van der Waals surface area contributed by atoms with E-state index in [-0.39, 0.29) is 24.3 Å². The average molecular weight is 356 g/mol. The fourth-order valence-electron chi connectivity index (χ4n) is 2.56. The van der Waals surface area contributed by atoms with Crippen molar-refractivity contribution in [3.8, 4) is 0 Å². The lowest BCUT2D eigenvalue weighted by Gasteiger charge is -2.23. The number of anilines is 2. The molecule has 2 N–H and O–H groups in total. The number of nitrogens with zero attached hydrogens (tertiary/aromatic N) is 4. The van der Waals surface area contributed by atoms with E-state index in [1.165, 1.54) is 16.0 Å². The third-order valence-electron chi connectivity index (χ3n) is 4.11. The number of thiazole rings is 1. The predicted molar refractivity (Wildman–Crippen MR) is 94.2 cm³/mol. The first-order valence-electron chi connectivity index (χ1n) is 8.04. The van der Waals surface area contributed by atoms with Crippen LogP contribution in [0.3, 0.4) is 0 Å². The second kappa shape index (κ2) is 6.60. The lowest BCUT2D eigenvalue weighted by molar-refractivity contribution is -0.122.